The van der Waals surface area contributed by atoms with Gasteiger partial charge >= 0.3 is 0 Å². The maximum atomic E-state index is 6.32. The number of rotatable bonds is 2. The van der Waals surface area contributed by atoms with Crippen LogP contribution in [0.1, 0.15) is 45.6 Å². The summed E-state index contributed by atoms with van der Waals surface area (Å²) in [6, 6.07) is 10.4. The molecular formula is C19H27NO. The summed E-state index contributed by atoms with van der Waals surface area (Å²) in [5.41, 5.74) is 1.37. The Balaban J connectivity index is 1.71. The van der Waals surface area contributed by atoms with Crippen LogP contribution in [0.5, 0.6) is 0 Å². The minimum atomic E-state index is 0.0201. The Hall–Kier alpha value is -1.12. The molecule has 1 N–H and O–H groups in total. The molecule has 3 rings (SSSR count). The fourth-order valence-electron chi connectivity index (χ4n) is 3.86. The summed E-state index contributed by atoms with van der Waals surface area (Å²) in [5.74, 6) is 1.42. The van der Waals surface area contributed by atoms with E-state index in [2.05, 4.69) is 62.5 Å². The second-order valence-electron chi connectivity index (χ2n) is 7.26. The molecule has 1 aromatic carbocycles. The van der Waals surface area contributed by atoms with Crippen molar-refractivity contribution in [1.82, 2.24) is 5.32 Å². The van der Waals surface area contributed by atoms with Crippen molar-refractivity contribution in [1.29, 1.82) is 0 Å². The fourth-order valence-corrected chi connectivity index (χ4v) is 3.86. The average Bonchev–Trinajstić information content (AvgIpc) is 2.45. The number of nitrogens with one attached hydrogen (secondary N) is 1. The molecule has 1 saturated carbocycles. The first kappa shape index (κ1) is 14.8. The summed E-state index contributed by atoms with van der Waals surface area (Å²) in [6.45, 7) is 7.00. The molecule has 2 aliphatic rings. The van der Waals surface area contributed by atoms with Gasteiger partial charge in [0.2, 0.25) is 0 Å². The largest absolute Gasteiger partial charge is 0.356 e. The lowest BCUT2D eigenvalue weighted by atomic mass is 9.70. The topological polar surface area (TPSA) is 21.3 Å². The summed E-state index contributed by atoms with van der Waals surface area (Å²) in [7, 11) is 0. The molecule has 2 heteroatoms. The maximum absolute atomic E-state index is 6.32. The molecule has 2 nitrogen and oxygen atoms in total. The Morgan fingerprint density at radius 3 is 2.71 bits per heavy atom. The molecule has 0 radical (unpaired) electrons. The number of ether oxygens (including phenoxy) is 1. The maximum Gasteiger partial charge on any atom is 0.128 e. The summed E-state index contributed by atoms with van der Waals surface area (Å²) < 4.78 is 6.32. The first-order valence-electron chi connectivity index (χ1n) is 8.21. The number of benzene rings is 1. The highest BCUT2D eigenvalue weighted by molar-refractivity contribution is 5.49. The van der Waals surface area contributed by atoms with Gasteiger partial charge in [-0.3, -0.25) is 5.32 Å². The van der Waals surface area contributed by atoms with Gasteiger partial charge in [0.05, 0.1) is 6.10 Å². The normalized spacial score (nSPS) is 35.6. The van der Waals surface area contributed by atoms with E-state index < -0.39 is 0 Å². The molecule has 0 amide bonds. The number of hydrogen-bond donors (Lipinski definition) is 1. The van der Waals surface area contributed by atoms with Crippen LogP contribution in [0.2, 0.25) is 0 Å². The minimum Gasteiger partial charge on any atom is -0.356 e. The van der Waals surface area contributed by atoms with Crippen LogP contribution < -0.4 is 5.32 Å². The van der Waals surface area contributed by atoms with E-state index in [1.165, 1.54) is 24.8 Å². The van der Waals surface area contributed by atoms with Gasteiger partial charge in [-0.05, 0) is 44.2 Å². The van der Waals surface area contributed by atoms with E-state index in [1.807, 2.05) is 6.07 Å². The van der Waals surface area contributed by atoms with Crippen molar-refractivity contribution in [3.63, 3.8) is 0 Å². The van der Waals surface area contributed by atoms with Crippen molar-refractivity contribution in [3.05, 3.63) is 42.0 Å². The Morgan fingerprint density at radius 2 is 1.95 bits per heavy atom. The van der Waals surface area contributed by atoms with E-state index in [4.69, 9.17) is 4.74 Å². The molecule has 21 heavy (non-hydrogen) atoms. The van der Waals surface area contributed by atoms with Crippen molar-refractivity contribution < 1.29 is 4.74 Å². The zero-order valence-corrected chi connectivity index (χ0v) is 13.4. The molecule has 1 saturated heterocycles. The Labute approximate surface area is 128 Å². The van der Waals surface area contributed by atoms with Crippen LogP contribution in [0.3, 0.4) is 0 Å². The third-order valence-electron chi connectivity index (χ3n) is 5.08. The van der Waals surface area contributed by atoms with Gasteiger partial charge < -0.3 is 4.74 Å². The van der Waals surface area contributed by atoms with Gasteiger partial charge in [-0.1, -0.05) is 49.8 Å². The third kappa shape index (κ3) is 3.38. The lowest BCUT2D eigenvalue weighted by molar-refractivity contribution is -0.136. The number of fused-ring (bicyclic) bond motifs is 1. The second-order valence-corrected chi connectivity index (χ2v) is 7.26. The molecule has 1 heterocycles. The summed E-state index contributed by atoms with van der Waals surface area (Å²) in [5, 5.41) is 3.67. The smallest absolute Gasteiger partial charge is 0.128 e. The second kappa shape index (κ2) is 5.94. The lowest BCUT2D eigenvalue weighted by Gasteiger charge is -2.51. The molecule has 1 aliphatic carbocycles. The summed E-state index contributed by atoms with van der Waals surface area (Å²) >= 11 is 0. The van der Waals surface area contributed by atoms with Gasteiger partial charge in [0.1, 0.15) is 6.23 Å². The van der Waals surface area contributed by atoms with E-state index in [0.29, 0.717) is 12.0 Å². The zero-order valence-electron chi connectivity index (χ0n) is 13.4. The molecule has 4 atom stereocenters. The van der Waals surface area contributed by atoms with E-state index in [9.17, 15) is 0 Å². The zero-order chi connectivity index (χ0) is 14.9. The predicted octanol–water partition coefficient (Wildman–Crippen LogP) is 4.23. The fraction of sp³-hybridized carbons (Fsp3) is 0.579. The Kier molecular flexibility index (Phi) is 4.19. The van der Waals surface area contributed by atoms with Crippen LogP contribution in [0, 0.1) is 11.8 Å². The van der Waals surface area contributed by atoms with E-state index in [-0.39, 0.29) is 11.8 Å². The molecule has 1 aromatic rings. The minimum absolute atomic E-state index is 0.0201. The van der Waals surface area contributed by atoms with Crippen molar-refractivity contribution in [2.75, 3.05) is 0 Å². The molecule has 114 valence electrons. The van der Waals surface area contributed by atoms with Crippen molar-refractivity contribution in [2.45, 2.75) is 57.9 Å². The van der Waals surface area contributed by atoms with Crippen LogP contribution in [0.15, 0.2) is 36.4 Å². The van der Waals surface area contributed by atoms with Gasteiger partial charge in [0.25, 0.3) is 0 Å². The van der Waals surface area contributed by atoms with Crippen LogP contribution in [0.25, 0.3) is 6.08 Å². The van der Waals surface area contributed by atoms with Gasteiger partial charge in [0.15, 0.2) is 0 Å². The van der Waals surface area contributed by atoms with Gasteiger partial charge in [-0.15, -0.1) is 0 Å². The van der Waals surface area contributed by atoms with Crippen LogP contribution >= 0.6 is 0 Å². The molecule has 0 aromatic heterocycles. The molecule has 0 spiro atoms. The molecule has 2 fully saturated rings. The summed E-state index contributed by atoms with van der Waals surface area (Å²) in [4.78, 5) is 0. The van der Waals surface area contributed by atoms with Gasteiger partial charge in [-0.2, -0.15) is 0 Å². The van der Waals surface area contributed by atoms with Gasteiger partial charge in [0, 0.05) is 11.5 Å². The van der Waals surface area contributed by atoms with Crippen molar-refractivity contribution >= 4 is 6.08 Å². The Bertz CT molecular complexity index is 494. The van der Waals surface area contributed by atoms with Crippen molar-refractivity contribution in [2.24, 2.45) is 11.8 Å². The van der Waals surface area contributed by atoms with Crippen LogP contribution in [-0.2, 0) is 4.74 Å². The van der Waals surface area contributed by atoms with Crippen LogP contribution in [-0.4, -0.2) is 17.9 Å². The highest BCUT2D eigenvalue weighted by Crippen LogP contribution is 2.40. The van der Waals surface area contributed by atoms with E-state index in [0.717, 1.165) is 5.92 Å². The lowest BCUT2D eigenvalue weighted by Crippen LogP contribution is -2.62. The van der Waals surface area contributed by atoms with Crippen molar-refractivity contribution in [3.8, 4) is 0 Å². The molecular weight excluding hydrogens is 258 g/mol. The van der Waals surface area contributed by atoms with E-state index >= 15 is 0 Å². The molecule has 0 bridgehead atoms. The molecule has 0 unspecified atom stereocenters. The summed E-state index contributed by atoms with van der Waals surface area (Å²) in [6.07, 6.45) is 8.54. The predicted molar refractivity (Wildman–Crippen MR) is 87.9 cm³/mol. The SMILES string of the molecule is C[C@@H]1CC[C@@H]2[C@@H](C1)O[C@@H](/C=C/c1ccccc1)NC2(C)C. The molecule has 1 aliphatic heterocycles. The number of hydrogen-bond acceptors (Lipinski definition) is 2. The van der Waals surface area contributed by atoms with Gasteiger partial charge in [-0.25, -0.2) is 0 Å². The Morgan fingerprint density at radius 1 is 1.19 bits per heavy atom. The first-order valence-corrected chi connectivity index (χ1v) is 8.21. The van der Waals surface area contributed by atoms with Crippen LogP contribution in [0.4, 0.5) is 0 Å². The monoisotopic (exact) mass is 285 g/mol. The highest BCUT2D eigenvalue weighted by Gasteiger charge is 2.44. The highest BCUT2D eigenvalue weighted by atomic mass is 16.5. The standard InChI is InChI=1S/C19H27NO/c1-14-9-11-16-17(13-14)21-18(20-19(16,2)3)12-10-15-7-5-4-6-8-15/h4-8,10,12,14,16-18,20H,9,11,13H2,1-3H3/b12-10+/t14-,16-,17-,18+/m1/s1. The quantitative estimate of drug-likeness (QED) is 0.878. The first-order chi connectivity index (χ1) is 10.0. The van der Waals surface area contributed by atoms with E-state index in [1.54, 1.807) is 0 Å². The average molecular weight is 285 g/mol. The third-order valence-corrected chi connectivity index (χ3v) is 5.08.